The first-order valence-electron chi connectivity index (χ1n) is 6.64. The van der Waals surface area contributed by atoms with Crippen molar-refractivity contribution in [3.05, 3.63) is 23.8 Å². The maximum Gasteiger partial charge on any atom is 0.241 e. The summed E-state index contributed by atoms with van der Waals surface area (Å²) in [5.74, 6) is -0.107. The Morgan fingerprint density at radius 3 is 2.45 bits per heavy atom. The number of hydrogen-bond acceptors (Lipinski definition) is 3. The molecule has 6 heteroatoms. The Bertz CT molecular complexity index is 703. The minimum absolute atomic E-state index is 0.107. The molecule has 20 heavy (non-hydrogen) atoms. The molecule has 1 saturated carbocycles. The zero-order chi connectivity index (χ0) is 14.8. The third-order valence-corrected chi connectivity index (χ3v) is 5.81. The molecule has 1 fully saturated rings. The van der Waals surface area contributed by atoms with Gasteiger partial charge in [0, 0.05) is 11.2 Å². The Morgan fingerprint density at radius 1 is 1.20 bits per heavy atom. The highest BCUT2D eigenvalue weighted by atomic mass is 32.2. The lowest BCUT2D eigenvalue weighted by Gasteiger charge is -2.17. The highest BCUT2D eigenvalue weighted by Crippen LogP contribution is 2.40. The van der Waals surface area contributed by atoms with Gasteiger partial charge in [-0.25, -0.2) is 13.1 Å². The molecule has 2 N–H and O–H groups in total. The van der Waals surface area contributed by atoms with Crippen molar-refractivity contribution in [1.29, 1.82) is 0 Å². The van der Waals surface area contributed by atoms with Crippen molar-refractivity contribution in [3.8, 4) is 0 Å². The van der Waals surface area contributed by atoms with Crippen molar-refractivity contribution in [1.82, 2.24) is 4.72 Å². The molecule has 0 aromatic heterocycles. The van der Waals surface area contributed by atoms with E-state index in [-0.39, 0.29) is 16.3 Å². The molecule has 108 valence electrons. The van der Waals surface area contributed by atoms with Gasteiger partial charge in [-0.1, -0.05) is 0 Å². The fraction of sp³-hybridized carbons (Fsp3) is 0.500. The second-order valence-corrected chi connectivity index (χ2v) is 8.14. The smallest absolute Gasteiger partial charge is 0.241 e. The third-order valence-electron chi connectivity index (χ3n) is 4.17. The van der Waals surface area contributed by atoms with Crippen LogP contribution in [0.5, 0.6) is 0 Å². The van der Waals surface area contributed by atoms with Crippen LogP contribution in [0.2, 0.25) is 0 Å². The lowest BCUT2D eigenvalue weighted by molar-refractivity contribution is -0.119. The quantitative estimate of drug-likeness (QED) is 0.891. The van der Waals surface area contributed by atoms with Crippen LogP contribution in [0.1, 0.15) is 39.2 Å². The van der Waals surface area contributed by atoms with Gasteiger partial charge in [0.15, 0.2) is 0 Å². The molecule has 3 rings (SSSR count). The first-order valence-corrected chi connectivity index (χ1v) is 8.12. The van der Waals surface area contributed by atoms with Gasteiger partial charge in [-0.05, 0) is 57.4 Å². The number of carbonyl (C=O) groups excluding carboxylic acids is 1. The van der Waals surface area contributed by atoms with E-state index in [1.54, 1.807) is 26.0 Å². The van der Waals surface area contributed by atoms with Gasteiger partial charge < -0.3 is 5.32 Å². The molecule has 2 aliphatic rings. The van der Waals surface area contributed by atoms with Crippen LogP contribution in [0.4, 0.5) is 5.69 Å². The second-order valence-electron chi connectivity index (χ2n) is 6.45. The molecule has 0 radical (unpaired) electrons. The predicted molar refractivity (Wildman–Crippen MR) is 76.1 cm³/mol. The number of sulfonamides is 1. The number of rotatable bonds is 3. The van der Waals surface area contributed by atoms with Crippen molar-refractivity contribution in [2.24, 2.45) is 0 Å². The number of fused-ring (bicyclic) bond motifs is 1. The van der Waals surface area contributed by atoms with Gasteiger partial charge >= 0.3 is 0 Å². The molecule has 0 bridgehead atoms. The fourth-order valence-electron chi connectivity index (χ4n) is 2.39. The van der Waals surface area contributed by atoms with Gasteiger partial charge in [-0.15, -0.1) is 0 Å². The van der Waals surface area contributed by atoms with Crippen LogP contribution in [0.25, 0.3) is 0 Å². The number of nitrogens with one attached hydrogen (secondary N) is 2. The van der Waals surface area contributed by atoms with E-state index in [0.29, 0.717) is 5.69 Å². The van der Waals surface area contributed by atoms with E-state index in [9.17, 15) is 13.2 Å². The minimum Gasteiger partial charge on any atom is -0.325 e. The summed E-state index contributed by atoms with van der Waals surface area (Å²) in [7, 11) is -3.53. The van der Waals surface area contributed by atoms with E-state index >= 15 is 0 Å². The highest BCUT2D eigenvalue weighted by Gasteiger charge is 2.42. The Balaban J connectivity index is 2.02. The molecule has 1 aliphatic heterocycles. The largest absolute Gasteiger partial charge is 0.325 e. The standard InChI is InChI=1S/C14H18N2O3S/c1-13(2)10-8-9(4-5-11(10)15-12(13)17)20(18,19)16-14(3)6-7-14/h4-5,8,16H,6-7H2,1-3H3,(H,15,17). The minimum atomic E-state index is -3.53. The van der Waals surface area contributed by atoms with Crippen molar-refractivity contribution in [2.75, 3.05) is 5.32 Å². The molecule has 0 unspecified atom stereocenters. The monoisotopic (exact) mass is 294 g/mol. The van der Waals surface area contributed by atoms with Crippen LogP contribution < -0.4 is 10.0 Å². The highest BCUT2D eigenvalue weighted by molar-refractivity contribution is 7.89. The van der Waals surface area contributed by atoms with Crippen molar-refractivity contribution in [2.45, 2.75) is 49.5 Å². The van der Waals surface area contributed by atoms with Gasteiger partial charge in [0.1, 0.15) is 0 Å². The van der Waals surface area contributed by atoms with E-state index in [1.807, 2.05) is 6.92 Å². The second kappa shape index (κ2) is 3.83. The lowest BCUT2D eigenvalue weighted by Crippen LogP contribution is -2.34. The van der Waals surface area contributed by atoms with Crippen molar-refractivity contribution in [3.63, 3.8) is 0 Å². The topological polar surface area (TPSA) is 75.3 Å². The van der Waals surface area contributed by atoms with Crippen LogP contribution >= 0.6 is 0 Å². The zero-order valence-electron chi connectivity index (χ0n) is 11.8. The van der Waals surface area contributed by atoms with Gasteiger partial charge in [-0.3, -0.25) is 4.79 Å². The van der Waals surface area contributed by atoms with E-state index in [0.717, 1.165) is 18.4 Å². The normalized spacial score (nSPS) is 22.2. The molecule has 1 aliphatic carbocycles. The summed E-state index contributed by atoms with van der Waals surface area (Å²) in [6.07, 6.45) is 1.73. The summed E-state index contributed by atoms with van der Waals surface area (Å²) in [4.78, 5) is 12.1. The maximum absolute atomic E-state index is 12.4. The van der Waals surface area contributed by atoms with E-state index < -0.39 is 15.4 Å². The average Bonchev–Trinajstić information content (AvgIpc) is 2.99. The third kappa shape index (κ3) is 2.03. The van der Waals surface area contributed by atoms with E-state index in [4.69, 9.17) is 0 Å². The number of anilines is 1. The number of benzene rings is 1. The van der Waals surface area contributed by atoms with E-state index in [1.165, 1.54) is 6.07 Å². The molecule has 1 amide bonds. The molecule has 1 aromatic carbocycles. The van der Waals surface area contributed by atoms with Crippen LogP contribution in [0.3, 0.4) is 0 Å². The first-order chi connectivity index (χ1) is 9.14. The summed E-state index contributed by atoms with van der Waals surface area (Å²) in [5.41, 5.74) is 0.411. The molecular weight excluding hydrogens is 276 g/mol. The van der Waals surface area contributed by atoms with Crippen LogP contribution in [-0.4, -0.2) is 19.9 Å². The van der Waals surface area contributed by atoms with Crippen LogP contribution in [0.15, 0.2) is 23.1 Å². The first kappa shape index (κ1) is 13.6. The molecule has 1 heterocycles. The fourth-order valence-corrected chi connectivity index (χ4v) is 3.88. The van der Waals surface area contributed by atoms with Crippen LogP contribution in [0, 0.1) is 0 Å². The molecule has 5 nitrogen and oxygen atoms in total. The SMILES string of the molecule is CC1(NS(=O)(=O)c2ccc3c(c2)C(C)(C)C(=O)N3)CC1. The number of carbonyl (C=O) groups is 1. The number of hydrogen-bond donors (Lipinski definition) is 2. The maximum atomic E-state index is 12.4. The van der Waals surface area contributed by atoms with Crippen molar-refractivity contribution < 1.29 is 13.2 Å². The zero-order valence-corrected chi connectivity index (χ0v) is 12.6. The summed E-state index contributed by atoms with van der Waals surface area (Å²) in [5, 5.41) is 2.77. The molecule has 0 atom stereocenters. The van der Waals surface area contributed by atoms with Crippen molar-refractivity contribution >= 4 is 21.6 Å². The summed E-state index contributed by atoms with van der Waals surface area (Å²) in [6.45, 7) is 5.48. The lowest BCUT2D eigenvalue weighted by atomic mass is 9.86. The average molecular weight is 294 g/mol. The molecule has 1 aromatic rings. The Kier molecular flexibility index (Phi) is 2.60. The molecular formula is C14H18N2O3S. The Labute approximate surface area is 118 Å². The Hall–Kier alpha value is -1.40. The van der Waals surface area contributed by atoms with E-state index in [2.05, 4.69) is 10.0 Å². The van der Waals surface area contributed by atoms with Gasteiger partial charge in [0.2, 0.25) is 15.9 Å². The summed E-state index contributed by atoms with van der Waals surface area (Å²) in [6, 6.07) is 4.79. The van der Waals surface area contributed by atoms with Crippen LogP contribution in [-0.2, 0) is 20.2 Å². The van der Waals surface area contributed by atoms with Gasteiger partial charge in [0.05, 0.1) is 10.3 Å². The predicted octanol–water partition coefficient (Wildman–Crippen LogP) is 1.75. The van der Waals surface area contributed by atoms with Gasteiger partial charge in [-0.2, -0.15) is 0 Å². The molecule has 0 spiro atoms. The summed E-state index contributed by atoms with van der Waals surface area (Å²) >= 11 is 0. The summed E-state index contributed by atoms with van der Waals surface area (Å²) < 4.78 is 27.4. The Morgan fingerprint density at radius 2 is 1.85 bits per heavy atom. The van der Waals surface area contributed by atoms with Gasteiger partial charge in [0.25, 0.3) is 0 Å². The number of amides is 1. The molecule has 0 saturated heterocycles.